The molecule has 1 N–H and O–H groups in total. The zero-order chi connectivity index (χ0) is 23.8. The summed E-state index contributed by atoms with van der Waals surface area (Å²) in [5.74, 6) is 1.91. The molecule has 0 amide bonds. The molecular formula is C23H23N3O6S. The van der Waals surface area contributed by atoms with Gasteiger partial charge in [-0.05, 0) is 54.6 Å². The summed E-state index contributed by atoms with van der Waals surface area (Å²) < 4.78 is 47.9. The number of aryl methyl sites for hydroxylation is 2. The van der Waals surface area contributed by atoms with Crippen LogP contribution in [0.15, 0.2) is 70.4 Å². The molecule has 4 aromatic rings. The van der Waals surface area contributed by atoms with E-state index in [9.17, 15) is 13.2 Å². The second kappa shape index (κ2) is 8.55. The van der Waals surface area contributed by atoms with Gasteiger partial charge in [-0.2, -0.15) is 0 Å². The minimum atomic E-state index is -3.95. The van der Waals surface area contributed by atoms with Crippen LogP contribution in [0.5, 0.6) is 23.0 Å². The van der Waals surface area contributed by atoms with Gasteiger partial charge < -0.3 is 14.2 Å². The molecule has 0 aliphatic carbocycles. The lowest BCUT2D eigenvalue weighted by Crippen LogP contribution is -2.19. The normalized spacial score (nSPS) is 11.4. The molecule has 0 unspecified atom stereocenters. The van der Waals surface area contributed by atoms with Gasteiger partial charge in [0.2, 0.25) is 0 Å². The molecule has 0 saturated carbocycles. The Morgan fingerprint density at radius 1 is 0.758 bits per heavy atom. The van der Waals surface area contributed by atoms with Crippen molar-refractivity contribution in [2.24, 2.45) is 14.1 Å². The Labute approximate surface area is 190 Å². The molecule has 0 radical (unpaired) electrons. The summed E-state index contributed by atoms with van der Waals surface area (Å²) in [6.45, 7) is 0. The van der Waals surface area contributed by atoms with Crippen LogP contribution in [-0.4, -0.2) is 31.8 Å². The van der Waals surface area contributed by atoms with Crippen molar-refractivity contribution in [2.75, 3.05) is 18.9 Å². The third kappa shape index (κ3) is 4.24. The zero-order valence-electron chi connectivity index (χ0n) is 18.5. The molecule has 10 heteroatoms. The summed E-state index contributed by atoms with van der Waals surface area (Å²) in [5, 5.41) is 0. The van der Waals surface area contributed by atoms with E-state index in [4.69, 9.17) is 14.2 Å². The number of nitrogens with one attached hydrogen (secondary N) is 1. The minimum Gasteiger partial charge on any atom is -0.497 e. The molecule has 0 atom stereocenters. The Balaban J connectivity index is 1.80. The lowest BCUT2D eigenvalue weighted by atomic mass is 10.2. The summed E-state index contributed by atoms with van der Waals surface area (Å²) >= 11 is 0. The molecule has 172 valence electrons. The van der Waals surface area contributed by atoms with Crippen LogP contribution < -0.4 is 24.6 Å². The number of benzene rings is 3. The predicted octanol–water partition coefficient (Wildman–Crippen LogP) is 3.49. The summed E-state index contributed by atoms with van der Waals surface area (Å²) in [4.78, 5) is 12.5. The van der Waals surface area contributed by atoms with Gasteiger partial charge >= 0.3 is 5.69 Å². The van der Waals surface area contributed by atoms with E-state index in [1.807, 2.05) is 0 Å². The van der Waals surface area contributed by atoms with Crippen LogP contribution in [0.25, 0.3) is 11.0 Å². The van der Waals surface area contributed by atoms with Gasteiger partial charge in [0.1, 0.15) is 17.2 Å². The topological polar surface area (TPSA) is 101 Å². The fraction of sp³-hybridized carbons (Fsp3) is 0.174. The maximum Gasteiger partial charge on any atom is 0.328 e. The first-order valence-electron chi connectivity index (χ1n) is 9.91. The van der Waals surface area contributed by atoms with E-state index in [2.05, 4.69) is 4.72 Å². The number of ether oxygens (including phenoxy) is 3. The maximum atomic E-state index is 13.1. The van der Waals surface area contributed by atoms with E-state index in [0.717, 1.165) is 0 Å². The Hall–Kier alpha value is -3.92. The first kappa shape index (κ1) is 22.3. The number of hydrogen-bond donors (Lipinski definition) is 1. The van der Waals surface area contributed by atoms with Crippen molar-refractivity contribution in [1.82, 2.24) is 9.13 Å². The zero-order valence-corrected chi connectivity index (χ0v) is 19.3. The van der Waals surface area contributed by atoms with Crippen molar-refractivity contribution < 1.29 is 22.6 Å². The second-order valence-corrected chi connectivity index (χ2v) is 8.98. The van der Waals surface area contributed by atoms with Crippen molar-refractivity contribution in [1.29, 1.82) is 0 Å². The van der Waals surface area contributed by atoms with Gasteiger partial charge in [0.15, 0.2) is 5.75 Å². The standard InChI is InChI=1S/C23H23N3O6S/c1-25-20-13-19(24-33(28,29)18-11-9-16(31-4)10-12-18)22(14-21(20)26(2)23(25)27)32-17-7-5-15(30-3)6-8-17/h5-14,24H,1-4H3. The molecule has 0 spiro atoms. The van der Waals surface area contributed by atoms with Gasteiger partial charge in [0, 0.05) is 20.2 Å². The molecular weight excluding hydrogens is 446 g/mol. The number of fused-ring (bicyclic) bond motifs is 1. The number of rotatable bonds is 7. The molecule has 0 aliphatic rings. The fourth-order valence-corrected chi connectivity index (χ4v) is 4.48. The number of imidazole rings is 1. The highest BCUT2D eigenvalue weighted by Gasteiger charge is 2.20. The molecule has 3 aromatic carbocycles. The highest BCUT2D eigenvalue weighted by atomic mass is 32.2. The van der Waals surface area contributed by atoms with Gasteiger partial charge in [-0.3, -0.25) is 13.9 Å². The third-order valence-electron chi connectivity index (χ3n) is 5.27. The highest BCUT2D eigenvalue weighted by molar-refractivity contribution is 7.92. The molecule has 0 fully saturated rings. The Morgan fingerprint density at radius 2 is 1.24 bits per heavy atom. The minimum absolute atomic E-state index is 0.0562. The van der Waals surface area contributed by atoms with Crippen molar-refractivity contribution in [3.8, 4) is 23.0 Å². The van der Waals surface area contributed by atoms with Gasteiger partial charge in [-0.15, -0.1) is 0 Å². The van der Waals surface area contributed by atoms with E-state index in [-0.39, 0.29) is 22.0 Å². The Morgan fingerprint density at radius 3 is 1.79 bits per heavy atom. The van der Waals surface area contributed by atoms with E-state index >= 15 is 0 Å². The molecule has 1 aromatic heterocycles. The van der Waals surface area contributed by atoms with Crippen LogP contribution in [0, 0.1) is 0 Å². The molecule has 0 aliphatic heterocycles. The number of nitrogens with zero attached hydrogens (tertiary/aromatic N) is 2. The quantitative estimate of drug-likeness (QED) is 0.445. The number of sulfonamides is 1. The van der Waals surface area contributed by atoms with Crippen molar-refractivity contribution in [3.63, 3.8) is 0 Å². The lowest BCUT2D eigenvalue weighted by Gasteiger charge is -2.15. The lowest BCUT2D eigenvalue weighted by molar-refractivity contribution is 0.413. The average molecular weight is 470 g/mol. The van der Waals surface area contributed by atoms with Crippen LogP contribution in [0.2, 0.25) is 0 Å². The van der Waals surface area contributed by atoms with E-state index < -0.39 is 10.0 Å². The van der Waals surface area contributed by atoms with Crippen molar-refractivity contribution in [2.45, 2.75) is 4.90 Å². The van der Waals surface area contributed by atoms with Crippen molar-refractivity contribution >= 4 is 26.7 Å². The first-order valence-corrected chi connectivity index (χ1v) is 11.4. The smallest absolute Gasteiger partial charge is 0.328 e. The van der Waals surface area contributed by atoms with Gasteiger partial charge in [0.25, 0.3) is 10.0 Å². The second-order valence-electron chi connectivity index (χ2n) is 7.30. The molecule has 0 saturated heterocycles. The third-order valence-corrected chi connectivity index (χ3v) is 6.66. The fourth-order valence-electron chi connectivity index (χ4n) is 3.42. The number of aromatic nitrogens is 2. The summed E-state index contributed by atoms with van der Waals surface area (Å²) in [6, 6.07) is 16.1. The summed E-state index contributed by atoms with van der Waals surface area (Å²) in [5.41, 5.74) is 1.10. The largest absolute Gasteiger partial charge is 0.497 e. The van der Waals surface area contributed by atoms with E-state index in [1.165, 1.54) is 28.4 Å². The number of anilines is 1. The molecule has 1 heterocycles. The van der Waals surface area contributed by atoms with Gasteiger partial charge in [-0.25, -0.2) is 13.2 Å². The average Bonchev–Trinajstić information content (AvgIpc) is 3.03. The molecule has 0 bridgehead atoms. The van der Waals surface area contributed by atoms with Crippen LogP contribution in [0.1, 0.15) is 0 Å². The molecule has 4 rings (SSSR count). The molecule has 33 heavy (non-hydrogen) atoms. The summed E-state index contributed by atoms with van der Waals surface area (Å²) in [6.07, 6.45) is 0. The summed E-state index contributed by atoms with van der Waals surface area (Å²) in [7, 11) is 2.38. The maximum absolute atomic E-state index is 13.1. The van der Waals surface area contributed by atoms with Crippen LogP contribution in [-0.2, 0) is 24.1 Å². The number of hydrogen-bond acceptors (Lipinski definition) is 6. The monoisotopic (exact) mass is 469 g/mol. The highest BCUT2D eigenvalue weighted by Crippen LogP contribution is 2.35. The van der Waals surface area contributed by atoms with Crippen LogP contribution >= 0.6 is 0 Å². The van der Waals surface area contributed by atoms with Crippen LogP contribution in [0.4, 0.5) is 5.69 Å². The molecule has 9 nitrogen and oxygen atoms in total. The Bertz CT molecular complexity index is 1470. The SMILES string of the molecule is COc1ccc(Oc2cc3c(cc2NS(=O)(=O)c2ccc(OC)cc2)n(C)c(=O)n3C)cc1. The Kier molecular flexibility index (Phi) is 5.77. The van der Waals surface area contributed by atoms with Gasteiger partial charge in [-0.1, -0.05) is 0 Å². The van der Waals surface area contributed by atoms with Crippen molar-refractivity contribution in [3.05, 3.63) is 71.1 Å². The van der Waals surface area contributed by atoms with E-state index in [0.29, 0.717) is 28.3 Å². The van der Waals surface area contributed by atoms with Crippen LogP contribution in [0.3, 0.4) is 0 Å². The predicted molar refractivity (Wildman–Crippen MR) is 125 cm³/mol. The van der Waals surface area contributed by atoms with Gasteiger partial charge in [0.05, 0.1) is 35.8 Å². The number of methoxy groups -OCH3 is 2. The first-order chi connectivity index (χ1) is 15.7. The van der Waals surface area contributed by atoms with E-state index in [1.54, 1.807) is 69.7 Å².